The third kappa shape index (κ3) is 3.60. The summed E-state index contributed by atoms with van der Waals surface area (Å²) >= 11 is 0. The third-order valence-electron chi connectivity index (χ3n) is 4.50. The molecule has 1 saturated heterocycles. The standard InChI is InChI=1S/C17H28N2O/c1-4-16(18)17(14-7-5-13(2)6-8-14)19-11-9-15(20-3)10-12-19/h5-8,15-17H,4,9-12,18H2,1-3H3. The highest BCUT2D eigenvalue weighted by molar-refractivity contribution is 5.25. The number of aryl methyl sites for hydroxylation is 1. The monoisotopic (exact) mass is 276 g/mol. The van der Waals surface area contributed by atoms with E-state index in [9.17, 15) is 0 Å². The smallest absolute Gasteiger partial charge is 0.0595 e. The molecule has 0 aliphatic carbocycles. The lowest BCUT2D eigenvalue weighted by Gasteiger charge is -2.40. The van der Waals surface area contributed by atoms with Gasteiger partial charge in [-0.2, -0.15) is 0 Å². The lowest BCUT2D eigenvalue weighted by Crippen LogP contribution is -2.45. The van der Waals surface area contributed by atoms with Crippen molar-refractivity contribution in [2.24, 2.45) is 5.73 Å². The van der Waals surface area contributed by atoms with Crippen LogP contribution < -0.4 is 5.73 Å². The molecule has 20 heavy (non-hydrogen) atoms. The number of methoxy groups -OCH3 is 1. The fourth-order valence-corrected chi connectivity index (χ4v) is 3.11. The van der Waals surface area contributed by atoms with Gasteiger partial charge in [0.2, 0.25) is 0 Å². The second kappa shape index (κ2) is 7.21. The van der Waals surface area contributed by atoms with Gasteiger partial charge in [-0.25, -0.2) is 0 Å². The first-order valence-electron chi connectivity index (χ1n) is 7.74. The van der Waals surface area contributed by atoms with Crippen LogP contribution in [0.15, 0.2) is 24.3 Å². The maximum absolute atomic E-state index is 6.41. The van der Waals surface area contributed by atoms with Crippen molar-refractivity contribution in [2.45, 2.75) is 51.3 Å². The average molecular weight is 276 g/mol. The van der Waals surface area contributed by atoms with Crippen molar-refractivity contribution in [1.82, 2.24) is 4.90 Å². The highest BCUT2D eigenvalue weighted by Crippen LogP contribution is 2.29. The Morgan fingerprint density at radius 3 is 2.35 bits per heavy atom. The van der Waals surface area contributed by atoms with E-state index in [2.05, 4.69) is 43.0 Å². The number of piperidine rings is 1. The van der Waals surface area contributed by atoms with E-state index >= 15 is 0 Å². The first kappa shape index (κ1) is 15.5. The van der Waals surface area contributed by atoms with E-state index in [1.165, 1.54) is 11.1 Å². The van der Waals surface area contributed by atoms with Gasteiger partial charge in [0.25, 0.3) is 0 Å². The van der Waals surface area contributed by atoms with Crippen molar-refractivity contribution in [3.05, 3.63) is 35.4 Å². The largest absolute Gasteiger partial charge is 0.381 e. The highest BCUT2D eigenvalue weighted by Gasteiger charge is 2.29. The highest BCUT2D eigenvalue weighted by atomic mass is 16.5. The molecule has 2 unspecified atom stereocenters. The van der Waals surface area contributed by atoms with E-state index in [-0.39, 0.29) is 6.04 Å². The molecule has 0 saturated carbocycles. The van der Waals surface area contributed by atoms with Gasteiger partial charge in [-0.15, -0.1) is 0 Å². The van der Waals surface area contributed by atoms with Crippen LogP contribution in [0, 0.1) is 6.92 Å². The summed E-state index contributed by atoms with van der Waals surface area (Å²) in [5.74, 6) is 0. The van der Waals surface area contributed by atoms with Gasteiger partial charge >= 0.3 is 0 Å². The summed E-state index contributed by atoms with van der Waals surface area (Å²) in [6.45, 7) is 6.45. The maximum atomic E-state index is 6.41. The summed E-state index contributed by atoms with van der Waals surface area (Å²) in [5, 5.41) is 0. The molecule has 1 aliphatic rings. The van der Waals surface area contributed by atoms with Crippen molar-refractivity contribution in [3.63, 3.8) is 0 Å². The van der Waals surface area contributed by atoms with E-state index in [0.29, 0.717) is 12.1 Å². The molecule has 0 amide bonds. The fraction of sp³-hybridized carbons (Fsp3) is 0.647. The minimum absolute atomic E-state index is 0.191. The molecule has 0 aromatic heterocycles. The number of ether oxygens (including phenoxy) is 1. The van der Waals surface area contributed by atoms with Crippen molar-refractivity contribution in [2.75, 3.05) is 20.2 Å². The predicted octanol–water partition coefficient (Wildman–Crippen LogP) is 2.88. The number of likely N-dealkylation sites (tertiary alicyclic amines) is 1. The Balaban J connectivity index is 2.14. The molecule has 1 aromatic rings. The molecule has 2 atom stereocenters. The van der Waals surface area contributed by atoms with E-state index in [1.807, 2.05) is 7.11 Å². The lowest BCUT2D eigenvalue weighted by atomic mass is 9.93. The predicted molar refractivity (Wildman–Crippen MR) is 83.8 cm³/mol. The van der Waals surface area contributed by atoms with Gasteiger partial charge in [0.05, 0.1) is 6.10 Å². The Morgan fingerprint density at radius 2 is 1.85 bits per heavy atom. The molecule has 0 radical (unpaired) electrons. The Kier molecular flexibility index (Phi) is 5.58. The molecular weight excluding hydrogens is 248 g/mol. The zero-order valence-corrected chi connectivity index (χ0v) is 13.0. The van der Waals surface area contributed by atoms with E-state index in [4.69, 9.17) is 10.5 Å². The molecule has 1 heterocycles. The summed E-state index contributed by atoms with van der Waals surface area (Å²) in [6, 6.07) is 9.37. The zero-order valence-electron chi connectivity index (χ0n) is 13.0. The van der Waals surface area contributed by atoms with Crippen molar-refractivity contribution in [1.29, 1.82) is 0 Å². The van der Waals surface area contributed by atoms with Gasteiger partial charge < -0.3 is 10.5 Å². The summed E-state index contributed by atoms with van der Waals surface area (Å²) in [5.41, 5.74) is 9.06. The second-order valence-corrected chi connectivity index (χ2v) is 5.90. The molecule has 1 aromatic carbocycles. The molecule has 3 heteroatoms. The fourth-order valence-electron chi connectivity index (χ4n) is 3.11. The summed E-state index contributed by atoms with van der Waals surface area (Å²) in [7, 11) is 1.82. The number of nitrogens with zero attached hydrogens (tertiary/aromatic N) is 1. The number of rotatable bonds is 5. The molecule has 112 valence electrons. The van der Waals surface area contributed by atoms with Gasteiger partial charge in [0.15, 0.2) is 0 Å². The Labute approximate surface area is 123 Å². The van der Waals surface area contributed by atoms with Crippen LogP contribution in [-0.2, 0) is 4.74 Å². The zero-order chi connectivity index (χ0) is 14.5. The molecule has 2 N–H and O–H groups in total. The van der Waals surface area contributed by atoms with E-state index in [1.54, 1.807) is 0 Å². The molecule has 1 fully saturated rings. The molecular formula is C17H28N2O. The van der Waals surface area contributed by atoms with E-state index in [0.717, 1.165) is 32.4 Å². The van der Waals surface area contributed by atoms with Gasteiger partial charge in [-0.3, -0.25) is 4.90 Å². The van der Waals surface area contributed by atoms with Gasteiger partial charge in [0.1, 0.15) is 0 Å². The van der Waals surface area contributed by atoms with Crippen molar-refractivity contribution in [3.8, 4) is 0 Å². The minimum atomic E-state index is 0.191. The summed E-state index contributed by atoms with van der Waals surface area (Å²) < 4.78 is 5.47. The topological polar surface area (TPSA) is 38.5 Å². The van der Waals surface area contributed by atoms with Crippen molar-refractivity contribution < 1.29 is 4.74 Å². The van der Waals surface area contributed by atoms with Gasteiger partial charge in [-0.1, -0.05) is 36.8 Å². The normalized spacial score (nSPS) is 20.8. The van der Waals surface area contributed by atoms with Crippen LogP contribution in [0.25, 0.3) is 0 Å². The van der Waals surface area contributed by atoms with Crippen LogP contribution in [0.2, 0.25) is 0 Å². The van der Waals surface area contributed by atoms with Crippen LogP contribution in [-0.4, -0.2) is 37.2 Å². The van der Waals surface area contributed by atoms with Crippen LogP contribution in [0.3, 0.4) is 0 Å². The maximum Gasteiger partial charge on any atom is 0.0595 e. The number of hydrogen-bond donors (Lipinski definition) is 1. The first-order chi connectivity index (χ1) is 9.65. The number of nitrogens with two attached hydrogens (primary N) is 1. The van der Waals surface area contributed by atoms with Crippen LogP contribution in [0.4, 0.5) is 0 Å². The Hall–Kier alpha value is -0.900. The van der Waals surface area contributed by atoms with Gasteiger partial charge in [-0.05, 0) is 31.7 Å². The quantitative estimate of drug-likeness (QED) is 0.898. The first-order valence-corrected chi connectivity index (χ1v) is 7.74. The van der Waals surface area contributed by atoms with E-state index < -0.39 is 0 Å². The van der Waals surface area contributed by atoms with Gasteiger partial charge in [0, 0.05) is 32.3 Å². The molecule has 1 aliphatic heterocycles. The Morgan fingerprint density at radius 1 is 1.25 bits per heavy atom. The van der Waals surface area contributed by atoms with Crippen LogP contribution in [0.1, 0.15) is 43.4 Å². The number of hydrogen-bond acceptors (Lipinski definition) is 3. The second-order valence-electron chi connectivity index (χ2n) is 5.90. The summed E-state index contributed by atoms with van der Waals surface area (Å²) in [6.07, 6.45) is 3.63. The minimum Gasteiger partial charge on any atom is -0.381 e. The molecule has 3 nitrogen and oxygen atoms in total. The third-order valence-corrected chi connectivity index (χ3v) is 4.50. The van der Waals surface area contributed by atoms with Crippen LogP contribution in [0.5, 0.6) is 0 Å². The Bertz CT molecular complexity index is 396. The lowest BCUT2D eigenvalue weighted by molar-refractivity contribution is 0.0222. The molecule has 0 spiro atoms. The molecule has 0 bridgehead atoms. The van der Waals surface area contributed by atoms with Crippen molar-refractivity contribution >= 4 is 0 Å². The summed E-state index contributed by atoms with van der Waals surface area (Å²) in [4.78, 5) is 2.54. The average Bonchev–Trinajstić information content (AvgIpc) is 2.50. The van der Waals surface area contributed by atoms with Crippen LogP contribution >= 0.6 is 0 Å². The molecule has 2 rings (SSSR count). The SMILES string of the molecule is CCC(N)C(c1ccc(C)cc1)N1CCC(OC)CC1. The number of benzene rings is 1.